The Morgan fingerprint density at radius 1 is 1.10 bits per heavy atom. The lowest BCUT2D eigenvalue weighted by Crippen LogP contribution is -2.37. The maximum atomic E-state index is 12.3. The van der Waals surface area contributed by atoms with Crippen LogP contribution in [-0.2, 0) is 11.3 Å². The van der Waals surface area contributed by atoms with E-state index in [0.29, 0.717) is 11.8 Å². The molecule has 0 saturated carbocycles. The van der Waals surface area contributed by atoms with E-state index in [1.54, 1.807) is 0 Å². The summed E-state index contributed by atoms with van der Waals surface area (Å²) in [6.45, 7) is 9.97. The van der Waals surface area contributed by atoms with E-state index in [1.165, 1.54) is 5.56 Å². The van der Waals surface area contributed by atoms with Crippen LogP contribution >= 0.6 is 0 Å². The average molecular weight is 395 g/mol. The highest BCUT2D eigenvalue weighted by Gasteiger charge is 2.42. The number of benzene rings is 1. The van der Waals surface area contributed by atoms with Crippen LogP contribution < -0.4 is 10.2 Å². The molecule has 29 heavy (non-hydrogen) atoms. The molecule has 0 aliphatic carbocycles. The number of aromatic nitrogens is 1. The first-order chi connectivity index (χ1) is 13.9. The largest absolute Gasteiger partial charge is 0.444 e. The van der Waals surface area contributed by atoms with E-state index in [9.17, 15) is 4.79 Å². The minimum atomic E-state index is -0.445. The van der Waals surface area contributed by atoms with Crippen molar-refractivity contribution in [2.45, 2.75) is 32.9 Å². The molecule has 4 rings (SSSR count). The van der Waals surface area contributed by atoms with Crippen molar-refractivity contribution in [2.24, 2.45) is 11.8 Å². The zero-order chi connectivity index (χ0) is 20.4. The molecule has 2 saturated heterocycles. The van der Waals surface area contributed by atoms with Gasteiger partial charge in [-0.3, -0.25) is 4.98 Å². The maximum Gasteiger partial charge on any atom is 0.410 e. The second-order valence-electron chi connectivity index (χ2n) is 9.08. The summed E-state index contributed by atoms with van der Waals surface area (Å²) in [5, 5.41) is 3.46. The number of nitrogens with one attached hydrogen (secondary N) is 1. The number of hydrogen-bond acceptors (Lipinski definition) is 5. The van der Waals surface area contributed by atoms with Crippen LogP contribution in [0.3, 0.4) is 0 Å². The van der Waals surface area contributed by atoms with E-state index < -0.39 is 5.60 Å². The first-order valence-corrected chi connectivity index (χ1v) is 10.3. The first kappa shape index (κ1) is 19.6. The maximum absolute atomic E-state index is 12.3. The molecule has 2 unspecified atom stereocenters. The standard InChI is InChI=1S/C23H30N4O2/c1-23(2,3)29-22(28)27-15-18-13-26(14-19(18)16-27)21-9-20(11-24-12-21)25-10-17-7-5-4-6-8-17/h4-9,11-12,18-19,25H,10,13-16H2,1-3H3. The first-order valence-electron chi connectivity index (χ1n) is 10.3. The number of ether oxygens (including phenoxy) is 1. The lowest BCUT2D eigenvalue weighted by molar-refractivity contribution is 0.0282. The van der Waals surface area contributed by atoms with Crippen molar-refractivity contribution in [3.05, 3.63) is 54.4 Å². The van der Waals surface area contributed by atoms with Crippen LogP contribution in [0.25, 0.3) is 0 Å². The number of amides is 1. The van der Waals surface area contributed by atoms with Gasteiger partial charge in [0.15, 0.2) is 0 Å². The van der Waals surface area contributed by atoms with Crippen molar-refractivity contribution in [3.63, 3.8) is 0 Å². The Morgan fingerprint density at radius 3 is 2.45 bits per heavy atom. The van der Waals surface area contributed by atoms with Gasteiger partial charge in [0, 0.05) is 44.6 Å². The average Bonchev–Trinajstić information content (AvgIpc) is 3.25. The number of hydrogen-bond donors (Lipinski definition) is 1. The summed E-state index contributed by atoms with van der Waals surface area (Å²) in [7, 11) is 0. The highest BCUT2D eigenvalue weighted by atomic mass is 16.6. The van der Waals surface area contributed by atoms with Crippen molar-refractivity contribution in [1.82, 2.24) is 9.88 Å². The second kappa shape index (κ2) is 7.93. The Morgan fingerprint density at radius 2 is 1.79 bits per heavy atom. The normalized spacial score (nSPS) is 21.2. The molecule has 1 N–H and O–H groups in total. The Kier molecular flexibility index (Phi) is 5.35. The van der Waals surface area contributed by atoms with Gasteiger partial charge in [-0.2, -0.15) is 0 Å². The zero-order valence-corrected chi connectivity index (χ0v) is 17.5. The van der Waals surface area contributed by atoms with E-state index in [1.807, 2.05) is 44.1 Å². The Bertz CT molecular complexity index is 835. The van der Waals surface area contributed by atoms with Crippen LogP contribution in [-0.4, -0.2) is 47.8 Å². The highest BCUT2D eigenvalue weighted by molar-refractivity contribution is 5.69. The molecule has 2 fully saturated rings. The molecule has 6 heteroatoms. The molecule has 1 amide bonds. The van der Waals surface area contributed by atoms with Gasteiger partial charge in [-0.15, -0.1) is 0 Å². The summed E-state index contributed by atoms with van der Waals surface area (Å²) in [5.74, 6) is 0.979. The number of pyridine rings is 1. The van der Waals surface area contributed by atoms with Crippen molar-refractivity contribution in [2.75, 3.05) is 36.4 Å². The molecule has 2 aromatic rings. The zero-order valence-electron chi connectivity index (χ0n) is 17.5. The lowest BCUT2D eigenvalue weighted by atomic mass is 10.0. The summed E-state index contributed by atoms with van der Waals surface area (Å²) < 4.78 is 5.53. The number of rotatable bonds is 4. The molecule has 2 aliphatic heterocycles. The lowest BCUT2D eigenvalue weighted by Gasteiger charge is -2.26. The molecule has 1 aromatic heterocycles. The van der Waals surface area contributed by atoms with Gasteiger partial charge >= 0.3 is 6.09 Å². The number of nitrogens with zero attached hydrogens (tertiary/aromatic N) is 3. The van der Waals surface area contributed by atoms with Crippen LogP contribution in [0.1, 0.15) is 26.3 Å². The summed E-state index contributed by atoms with van der Waals surface area (Å²) in [6, 6.07) is 12.5. The summed E-state index contributed by atoms with van der Waals surface area (Å²) in [4.78, 5) is 21.0. The minimum Gasteiger partial charge on any atom is -0.444 e. The summed E-state index contributed by atoms with van der Waals surface area (Å²) >= 11 is 0. The van der Waals surface area contributed by atoms with Crippen molar-refractivity contribution in [1.29, 1.82) is 0 Å². The van der Waals surface area contributed by atoms with Gasteiger partial charge in [-0.1, -0.05) is 30.3 Å². The third-order valence-electron chi connectivity index (χ3n) is 5.57. The van der Waals surface area contributed by atoms with Crippen LogP contribution in [0.5, 0.6) is 0 Å². The van der Waals surface area contributed by atoms with E-state index in [0.717, 1.165) is 44.1 Å². The van der Waals surface area contributed by atoms with Gasteiger partial charge < -0.3 is 19.9 Å². The van der Waals surface area contributed by atoms with E-state index >= 15 is 0 Å². The smallest absolute Gasteiger partial charge is 0.410 e. The molecule has 2 aliphatic rings. The van der Waals surface area contributed by atoms with Crippen molar-refractivity contribution >= 4 is 17.5 Å². The second-order valence-corrected chi connectivity index (χ2v) is 9.08. The third-order valence-corrected chi connectivity index (χ3v) is 5.57. The molecular weight excluding hydrogens is 364 g/mol. The quantitative estimate of drug-likeness (QED) is 0.850. The Balaban J connectivity index is 1.33. The van der Waals surface area contributed by atoms with Crippen molar-refractivity contribution in [3.8, 4) is 0 Å². The molecule has 0 bridgehead atoms. The molecule has 2 atom stereocenters. The number of carbonyl (C=O) groups excluding carboxylic acids is 1. The fourth-order valence-electron chi connectivity index (χ4n) is 4.18. The Labute approximate surface area is 172 Å². The van der Waals surface area contributed by atoms with Gasteiger partial charge in [-0.25, -0.2) is 4.79 Å². The molecule has 0 radical (unpaired) electrons. The molecule has 1 aromatic carbocycles. The van der Waals surface area contributed by atoms with E-state index in [2.05, 4.69) is 45.5 Å². The predicted octanol–water partition coefficient (Wildman–Crippen LogP) is 4.00. The fraction of sp³-hybridized carbons (Fsp3) is 0.478. The number of likely N-dealkylation sites (tertiary alicyclic amines) is 1. The summed E-state index contributed by atoms with van der Waals surface area (Å²) in [5.41, 5.74) is 2.97. The van der Waals surface area contributed by atoms with Gasteiger partial charge in [0.2, 0.25) is 0 Å². The van der Waals surface area contributed by atoms with Crippen molar-refractivity contribution < 1.29 is 9.53 Å². The van der Waals surface area contributed by atoms with Crippen LogP contribution in [0.2, 0.25) is 0 Å². The number of anilines is 2. The van der Waals surface area contributed by atoms with Gasteiger partial charge in [0.25, 0.3) is 0 Å². The molecular formula is C23H30N4O2. The predicted molar refractivity (Wildman–Crippen MR) is 115 cm³/mol. The van der Waals surface area contributed by atoms with Crippen LogP contribution in [0.15, 0.2) is 48.8 Å². The molecule has 3 heterocycles. The van der Waals surface area contributed by atoms with Gasteiger partial charge in [0.1, 0.15) is 5.60 Å². The topological polar surface area (TPSA) is 57.7 Å². The third kappa shape index (κ3) is 4.81. The highest BCUT2D eigenvalue weighted by Crippen LogP contribution is 2.35. The Hall–Kier alpha value is -2.76. The van der Waals surface area contributed by atoms with Crippen LogP contribution in [0.4, 0.5) is 16.2 Å². The SMILES string of the molecule is CC(C)(C)OC(=O)N1CC2CN(c3cncc(NCc4ccccc4)c3)CC2C1. The molecule has 154 valence electrons. The fourth-order valence-corrected chi connectivity index (χ4v) is 4.18. The monoisotopic (exact) mass is 394 g/mol. The van der Waals surface area contributed by atoms with Gasteiger partial charge in [-0.05, 0) is 32.4 Å². The van der Waals surface area contributed by atoms with Gasteiger partial charge in [0.05, 0.1) is 23.8 Å². The number of fused-ring (bicyclic) bond motifs is 1. The van der Waals surface area contributed by atoms with Crippen LogP contribution in [0, 0.1) is 11.8 Å². The van der Waals surface area contributed by atoms with E-state index in [-0.39, 0.29) is 6.09 Å². The summed E-state index contributed by atoms with van der Waals surface area (Å²) in [6.07, 6.45) is 3.61. The number of carbonyl (C=O) groups is 1. The molecule has 6 nitrogen and oxygen atoms in total. The minimum absolute atomic E-state index is 0.188. The van der Waals surface area contributed by atoms with E-state index in [4.69, 9.17) is 4.74 Å². The molecule has 0 spiro atoms.